The molecular formula is C15H18FNO2. The summed E-state index contributed by atoms with van der Waals surface area (Å²) in [6.07, 6.45) is 3.16. The number of nitrogens with zero attached hydrogens (tertiary/aromatic N) is 1. The number of likely N-dealkylation sites (tertiary alicyclic amines) is 1. The fourth-order valence-corrected chi connectivity index (χ4v) is 2.93. The Hall–Kier alpha value is -1.42. The summed E-state index contributed by atoms with van der Waals surface area (Å²) < 4.78 is 18.7. The van der Waals surface area contributed by atoms with Crippen LogP contribution in [0.25, 0.3) is 0 Å². The standard InChI is InChI=1S/C15H18FNO2/c16-12-3-4-13-14(9-12)19-8-5-11(15(13)18)10-17-6-1-2-7-17/h3-4,9,11H,1-2,5-8,10H2. The molecule has 0 bridgehead atoms. The lowest BCUT2D eigenvalue weighted by molar-refractivity contribution is 0.0883. The van der Waals surface area contributed by atoms with Crippen molar-refractivity contribution in [2.24, 2.45) is 5.92 Å². The molecule has 0 aromatic heterocycles. The summed E-state index contributed by atoms with van der Waals surface area (Å²) >= 11 is 0. The lowest BCUT2D eigenvalue weighted by atomic mass is 9.94. The van der Waals surface area contributed by atoms with Crippen molar-refractivity contribution < 1.29 is 13.9 Å². The van der Waals surface area contributed by atoms with Crippen molar-refractivity contribution in [2.45, 2.75) is 19.3 Å². The van der Waals surface area contributed by atoms with E-state index >= 15 is 0 Å². The Bertz CT molecular complexity index is 483. The van der Waals surface area contributed by atoms with Gasteiger partial charge in [-0.1, -0.05) is 0 Å². The molecule has 0 amide bonds. The van der Waals surface area contributed by atoms with Crippen LogP contribution < -0.4 is 4.74 Å². The average Bonchev–Trinajstić information content (AvgIpc) is 2.85. The van der Waals surface area contributed by atoms with Crippen LogP contribution in [0, 0.1) is 11.7 Å². The van der Waals surface area contributed by atoms with Gasteiger partial charge in [0.05, 0.1) is 12.2 Å². The summed E-state index contributed by atoms with van der Waals surface area (Å²) in [7, 11) is 0. The number of carbonyl (C=O) groups is 1. The van der Waals surface area contributed by atoms with Crippen LogP contribution in [0.15, 0.2) is 18.2 Å². The lowest BCUT2D eigenvalue weighted by Crippen LogP contribution is -2.31. The smallest absolute Gasteiger partial charge is 0.171 e. The molecule has 4 heteroatoms. The number of carbonyl (C=O) groups excluding carboxylic acids is 1. The van der Waals surface area contributed by atoms with E-state index in [1.807, 2.05) is 0 Å². The third-order valence-corrected chi connectivity index (χ3v) is 3.98. The summed E-state index contributed by atoms with van der Waals surface area (Å²) in [5, 5.41) is 0. The van der Waals surface area contributed by atoms with Crippen molar-refractivity contribution in [3.8, 4) is 5.75 Å². The first-order valence-electron chi connectivity index (χ1n) is 6.93. The van der Waals surface area contributed by atoms with Crippen molar-refractivity contribution in [1.82, 2.24) is 4.90 Å². The van der Waals surface area contributed by atoms with Crippen LogP contribution >= 0.6 is 0 Å². The molecule has 0 saturated carbocycles. The van der Waals surface area contributed by atoms with Crippen LogP contribution in [0.1, 0.15) is 29.6 Å². The van der Waals surface area contributed by atoms with Crippen molar-refractivity contribution in [2.75, 3.05) is 26.2 Å². The Balaban J connectivity index is 1.80. The molecule has 0 spiro atoms. The van der Waals surface area contributed by atoms with Gasteiger partial charge in [0.1, 0.15) is 11.6 Å². The molecule has 1 aromatic carbocycles. The number of hydrogen-bond acceptors (Lipinski definition) is 3. The fourth-order valence-electron chi connectivity index (χ4n) is 2.93. The van der Waals surface area contributed by atoms with Crippen molar-refractivity contribution >= 4 is 5.78 Å². The van der Waals surface area contributed by atoms with Gasteiger partial charge < -0.3 is 9.64 Å². The molecule has 0 aliphatic carbocycles. The number of halogens is 1. The third-order valence-electron chi connectivity index (χ3n) is 3.98. The maximum Gasteiger partial charge on any atom is 0.171 e. The Labute approximate surface area is 112 Å². The molecule has 2 aliphatic heterocycles. The van der Waals surface area contributed by atoms with Crippen LogP contribution in [0.5, 0.6) is 5.75 Å². The summed E-state index contributed by atoms with van der Waals surface area (Å²) in [6, 6.07) is 4.19. The van der Waals surface area contributed by atoms with E-state index in [1.54, 1.807) is 6.07 Å². The Morgan fingerprint density at radius 3 is 2.89 bits per heavy atom. The van der Waals surface area contributed by atoms with Gasteiger partial charge >= 0.3 is 0 Å². The van der Waals surface area contributed by atoms with E-state index in [1.165, 1.54) is 25.0 Å². The lowest BCUT2D eigenvalue weighted by Gasteiger charge is -2.20. The highest BCUT2D eigenvalue weighted by Crippen LogP contribution is 2.28. The van der Waals surface area contributed by atoms with Gasteiger partial charge in [0.2, 0.25) is 0 Å². The Morgan fingerprint density at radius 1 is 1.32 bits per heavy atom. The van der Waals surface area contributed by atoms with Gasteiger partial charge in [0, 0.05) is 18.5 Å². The molecule has 1 saturated heterocycles. The van der Waals surface area contributed by atoms with Crippen molar-refractivity contribution in [3.05, 3.63) is 29.6 Å². The fraction of sp³-hybridized carbons (Fsp3) is 0.533. The van der Waals surface area contributed by atoms with Crippen LogP contribution in [0.3, 0.4) is 0 Å². The van der Waals surface area contributed by atoms with E-state index < -0.39 is 0 Å². The second-order valence-corrected chi connectivity index (χ2v) is 5.35. The van der Waals surface area contributed by atoms with E-state index in [2.05, 4.69) is 4.90 Å². The van der Waals surface area contributed by atoms with Gasteiger partial charge in [-0.05, 0) is 44.5 Å². The van der Waals surface area contributed by atoms with Gasteiger partial charge in [-0.2, -0.15) is 0 Å². The Kier molecular flexibility index (Phi) is 3.51. The van der Waals surface area contributed by atoms with Gasteiger partial charge in [0.25, 0.3) is 0 Å². The maximum absolute atomic E-state index is 13.2. The highest BCUT2D eigenvalue weighted by Gasteiger charge is 2.29. The third kappa shape index (κ3) is 2.63. The van der Waals surface area contributed by atoms with Gasteiger partial charge in [0.15, 0.2) is 5.78 Å². The van der Waals surface area contributed by atoms with E-state index in [-0.39, 0.29) is 17.5 Å². The molecule has 3 nitrogen and oxygen atoms in total. The van der Waals surface area contributed by atoms with Crippen LogP contribution in [-0.2, 0) is 0 Å². The summed E-state index contributed by atoms with van der Waals surface area (Å²) in [6.45, 7) is 3.46. The molecule has 2 heterocycles. The minimum atomic E-state index is -0.357. The number of rotatable bonds is 2. The summed E-state index contributed by atoms with van der Waals surface area (Å²) in [4.78, 5) is 14.9. The molecular weight excluding hydrogens is 245 g/mol. The first-order valence-corrected chi connectivity index (χ1v) is 6.93. The zero-order valence-corrected chi connectivity index (χ0v) is 10.9. The molecule has 3 rings (SSSR count). The molecule has 1 unspecified atom stereocenters. The monoisotopic (exact) mass is 263 g/mol. The first kappa shape index (κ1) is 12.6. The normalized spacial score (nSPS) is 23.8. The topological polar surface area (TPSA) is 29.5 Å². The van der Waals surface area contributed by atoms with Crippen LogP contribution in [-0.4, -0.2) is 36.9 Å². The molecule has 2 aliphatic rings. The van der Waals surface area contributed by atoms with Crippen molar-refractivity contribution in [1.29, 1.82) is 0 Å². The van der Waals surface area contributed by atoms with Gasteiger partial charge in [-0.25, -0.2) is 4.39 Å². The van der Waals surface area contributed by atoms with E-state index in [0.29, 0.717) is 24.3 Å². The highest BCUT2D eigenvalue weighted by molar-refractivity contribution is 6.00. The molecule has 102 valence electrons. The van der Waals surface area contributed by atoms with E-state index in [9.17, 15) is 9.18 Å². The summed E-state index contributed by atoms with van der Waals surface area (Å²) in [5.74, 6) is 0.114. The molecule has 1 atom stereocenters. The predicted molar refractivity (Wildman–Crippen MR) is 70.0 cm³/mol. The minimum absolute atomic E-state index is 0.0233. The SMILES string of the molecule is O=C1c2ccc(F)cc2OCCC1CN1CCCC1. The number of benzene rings is 1. The number of Topliss-reactive ketones (excluding diaryl/α,β-unsaturated/α-hetero) is 1. The van der Waals surface area contributed by atoms with Gasteiger partial charge in [-0.15, -0.1) is 0 Å². The quantitative estimate of drug-likeness (QED) is 0.821. The number of ether oxygens (including phenoxy) is 1. The first-order chi connectivity index (χ1) is 9.24. The number of fused-ring (bicyclic) bond motifs is 1. The van der Waals surface area contributed by atoms with Crippen molar-refractivity contribution in [3.63, 3.8) is 0 Å². The Morgan fingerprint density at radius 2 is 2.11 bits per heavy atom. The molecule has 1 aromatic rings. The molecule has 0 radical (unpaired) electrons. The molecule has 1 fully saturated rings. The molecule has 19 heavy (non-hydrogen) atoms. The second-order valence-electron chi connectivity index (χ2n) is 5.35. The average molecular weight is 263 g/mol. The zero-order chi connectivity index (χ0) is 13.2. The maximum atomic E-state index is 13.2. The minimum Gasteiger partial charge on any atom is -0.493 e. The zero-order valence-electron chi connectivity index (χ0n) is 10.9. The largest absolute Gasteiger partial charge is 0.493 e. The van der Waals surface area contributed by atoms with Gasteiger partial charge in [-0.3, -0.25) is 4.79 Å². The number of ketones is 1. The van der Waals surface area contributed by atoms with E-state index in [4.69, 9.17) is 4.74 Å². The van der Waals surface area contributed by atoms with Crippen LogP contribution in [0.4, 0.5) is 4.39 Å². The predicted octanol–water partition coefficient (Wildman–Crippen LogP) is 2.50. The summed E-state index contributed by atoms with van der Waals surface area (Å²) in [5.41, 5.74) is 0.531. The second kappa shape index (κ2) is 5.29. The molecule has 0 N–H and O–H groups in total. The van der Waals surface area contributed by atoms with E-state index in [0.717, 1.165) is 19.6 Å². The van der Waals surface area contributed by atoms with Crippen LogP contribution in [0.2, 0.25) is 0 Å². The highest BCUT2D eigenvalue weighted by atomic mass is 19.1. The number of hydrogen-bond donors (Lipinski definition) is 0.